The third-order valence-corrected chi connectivity index (χ3v) is 3.95. The molecule has 1 heterocycles. The van der Waals surface area contributed by atoms with E-state index in [4.69, 9.17) is 28.3 Å². The van der Waals surface area contributed by atoms with E-state index < -0.39 is 5.97 Å². The van der Waals surface area contributed by atoms with E-state index in [2.05, 4.69) is 16.8 Å². The monoisotopic (exact) mass is 331 g/mol. The number of carboxylic acids is 1. The number of carboxylic acid groups (broad SMARTS) is 1. The van der Waals surface area contributed by atoms with E-state index in [1.54, 1.807) is 12.1 Å². The van der Waals surface area contributed by atoms with Crippen molar-refractivity contribution >= 4 is 29.2 Å². The second-order valence-corrected chi connectivity index (χ2v) is 5.93. The van der Waals surface area contributed by atoms with Crippen LogP contribution in [0, 0.1) is 17.8 Å². The van der Waals surface area contributed by atoms with Crippen molar-refractivity contribution in [2.75, 3.05) is 0 Å². The molecule has 0 radical (unpaired) electrons. The standard InChI is InChI=1S/C17H11Cl2NO2/c18-15-7-11(8-16(19)20-15)2-1-10-3-5-12(6-4-10)13-9-14(13)17(21)22/h3-8,13-14H,9H2,(H,21,22). The summed E-state index contributed by atoms with van der Waals surface area (Å²) in [7, 11) is 0. The number of nitrogens with zero attached hydrogens (tertiary/aromatic N) is 1. The van der Waals surface area contributed by atoms with Crippen molar-refractivity contribution in [3.05, 3.63) is 63.4 Å². The van der Waals surface area contributed by atoms with E-state index in [0.717, 1.165) is 11.1 Å². The van der Waals surface area contributed by atoms with Gasteiger partial charge in [-0.25, -0.2) is 4.98 Å². The van der Waals surface area contributed by atoms with Crippen LogP contribution < -0.4 is 0 Å². The summed E-state index contributed by atoms with van der Waals surface area (Å²) in [6.07, 6.45) is 0.717. The molecule has 1 N–H and O–H groups in total. The molecule has 1 saturated carbocycles. The van der Waals surface area contributed by atoms with Gasteiger partial charge >= 0.3 is 5.97 Å². The number of aromatic nitrogens is 1. The SMILES string of the molecule is O=C(O)C1CC1c1ccc(C#Cc2cc(Cl)nc(Cl)c2)cc1. The molecule has 3 rings (SSSR count). The van der Waals surface area contributed by atoms with Crippen molar-refractivity contribution in [2.45, 2.75) is 12.3 Å². The summed E-state index contributed by atoms with van der Waals surface area (Å²) in [4.78, 5) is 14.7. The third kappa shape index (κ3) is 3.41. The van der Waals surface area contributed by atoms with E-state index >= 15 is 0 Å². The summed E-state index contributed by atoms with van der Waals surface area (Å²) < 4.78 is 0. The van der Waals surface area contributed by atoms with Gasteiger partial charge in [-0.2, -0.15) is 0 Å². The Morgan fingerprint density at radius 3 is 2.23 bits per heavy atom. The summed E-state index contributed by atoms with van der Waals surface area (Å²) in [5.41, 5.74) is 2.59. The summed E-state index contributed by atoms with van der Waals surface area (Å²) in [5, 5.41) is 9.56. The summed E-state index contributed by atoms with van der Waals surface area (Å²) in [6.45, 7) is 0. The number of rotatable bonds is 2. The van der Waals surface area contributed by atoms with Gasteiger partial charge in [-0.3, -0.25) is 4.79 Å². The summed E-state index contributed by atoms with van der Waals surface area (Å²) in [6, 6.07) is 11.0. The Balaban J connectivity index is 1.75. The van der Waals surface area contributed by atoms with Gasteiger partial charge in [0.2, 0.25) is 0 Å². The van der Waals surface area contributed by atoms with Crippen molar-refractivity contribution in [3.8, 4) is 11.8 Å². The molecule has 1 aliphatic rings. The smallest absolute Gasteiger partial charge is 0.307 e. The largest absolute Gasteiger partial charge is 0.481 e. The highest BCUT2D eigenvalue weighted by Gasteiger charge is 2.43. The first-order chi connectivity index (χ1) is 10.5. The van der Waals surface area contributed by atoms with Crippen LogP contribution >= 0.6 is 23.2 Å². The molecule has 0 amide bonds. The molecule has 0 bridgehead atoms. The van der Waals surface area contributed by atoms with Gasteiger partial charge in [0.05, 0.1) is 5.92 Å². The minimum absolute atomic E-state index is 0.136. The average molecular weight is 332 g/mol. The maximum Gasteiger partial charge on any atom is 0.307 e. The molecule has 1 aliphatic carbocycles. The average Bonchev–Trinajstić information content (AvgIpc) is 3.25. The quantitative estimate of drug-likeness (QED) is 0.669. The number of carbonyl (C=O) groups is 1. The number of benzene rings is 1. The lowest BCUT2D eigenvalue weighted by atomic mass is 10.1. The van der Waals surface area contributed by atoms with Gasteiger partial charge in [-0.1, -0.05) is 47.2 Å². The molecule has 2 aromatic rings. The zero-order valence-electron chi connectivity index (χ0n) is 11.4. The van der Waals surface area contributed by atoms with Crippen LogP contribution in [0.15, 0.2) is 36.4 Å². The van der Waals surface area contributed by atoms with Gasteiger partial charge < -0.3 is 5.11 Å². The minimum Gasteiger partial charge on any atom is -0.481 e. The predicted molar refractivity (Wildman–Crippen MR) is 85.2 cm³/mol. The van der Waals surface area contributed by atoms with Crippen molar-refractivity contribution in [1.29, 1.82) is 0 Å². The number of pyridine rings is 1. The van der Waals surface area contributed by atoms with Crippen LogP contribution in [0.25, 0.3) is 0 Å². The lowest BCUT2D eigenvalue weighted by Crippen LogP contribution is -1.98. The Hall–Kier alpha value is -2.02. The first-order valence-electron chi connectivity index (χ1n) is 6.71. The number of aliphatic carboxylic acids is 1. The van der Waals surface area contributed by atoms with Crippen molar-refractivity contribution in [3.63, 3.8) is 0 Å². The molecule has 0 saturated heterocycles. The van der Waals surface area contributed by atoms with Crippen molar-refractivity contribution in [2.24, 2.45) is 5.92 Å². The van der Waals surface area contributed by atoms with Gasteiger partial charge in [0.1, 0.15) is 10.3 Å². The maximum atomic E-state index is 10.9. The van der Waals surface area contributed by atoms with E-state index in [9.17, 15) is 4.79 Å². The van der Waals surface area contributed by atoms with Crippen LogP contribution in [-0.2, 0) is 4.79 Å². The van der Waals surface area contributed by atoms with Crippen molar-refractivity contribution < 1.29 is 9.90 Å². The zero-order chi connectivity index (χ0) is 15.7. The Morgan fingerprint density at radius 1 is 1.09 bits per heavy atom. The molecule has 1 fully saturated rings. The normalized spacial score (nSPS) is 19.2. The number of hydrogen-bond acceptors (Lipinski definition) is 2. The van der Waals surface area contributed by atoms with E-state index in [1.165, 1.54) is 0 Å². The molecule has 110 valence electrons. The van der Waals surface area contributed by atoms with Crippen LogP contribution in [0.3, 0.4) is 0 Å². The van der Waals surface area contributed by atoms with Gasteiger partial charge in [-0.15, -0.1) is 0 Å². The van der Waals surface area contributed by atoms with Crippen LogP contribution in [0.2, 0.25) is 10.3 Å². The van der Waals surface area contributed by atoms with Crippen LogP contribution in [0.5, 0.6) is 0 Å². The highest BCUT2D eigenvalue weighted by Crippen LogP contribution is 2.47. The molecule has 0 spiro atoms. The van der Waals surface area contributed by atoms with Gasteiger partial charge in [0, 0.05) is 11.1 Å². The molecule has 2 unspecified atom stereocenters. The van der Waals surface area contributed by atoms with Gasteiger partial charge in [0.25, 0.3) is 0 Å². The molecule has 1 aromatic heterocycles. The highest BCUT2D eigenvalue weighted by molar-refractivity contribution is 6.32. The zero-order valence-corrected chi connectivity index (χ0v) is 12.9. The van der Waals surface area contributed by atoms with Crippen molar-refractivity contribution in [1.82, 2.24) is 4.98 Å². The Kier molecular flexibility index (Phi) is 4.06. The molecule has 0 aliphatic heterocycles. The second-order valence-electron chi connectivity index (χ2n) is 5.16. The Bertz CT molecular complexity index is 770. The third-order valence-electron chi connectivity index (χ3n) is 3.56. The highest BCUT2D eigenvalue weighted by atomic mass is 35.5. The Labute approximate surface area is 137 Å². The summed E-state index contributed by atoms with van der Waals surface area (Å²) >= 11 is 11.6. The topological polar surface area (TPSA) is 50.2 Å². The maximum absolute atomic E-state index is 10.9. The lowest BCUT2D eigenvalue weighted by molar-refractivity contribution is -0.138. The van der Waals surface area contributed by atoms with Crippen LogP contribution in [0.1, 0.15) is 29.0 Å². The minimum atomic E-state index is -0.722. The number of hydrogen-bond donors (Lipinski definition) is 1. The predicted octanol–water partition coefficient (Wildman–Crippen LogP) is 3.98. The van der Waals surface area contributed by atoms with Gasteiger partial charge in [0.15, 0.2) is 0 Å². The van der Waals surface area contributed by atoms with E-state index in [1.807, 2.05) is 24.3 Å². The lowest BCUT2D eigenvalue weighted by Gasteiger charge is -1.98. The van der Waals surface area contributed by atoms with Gasteiger partial charge in [-0.05, 0) is 42.2 Å². The molecule has 3 nitrogen and oxygen atoms in total. The molecule has 2 atom stereocenters. The molecule has 5 heteroatoms. The van der Waals surface area contributed by atoms with E-state index in [-0.39, 0.29) is 11.8 Å². The summed E-state index contributed by atoms with van der Waals surface area (Å²) in [5.74, 6) is 5.18. The first-order valence-corrected chi connectivity index (χ1v) is 7.46. The molecule has 22 heavy (non-hydrogen) atoms. The first kappa shape index (κ1) is 14.9. The molecular weight excluding hydrogens is 321 g/mol. The fourth-order valence-corrected chi connectivity index (χ4v) is 2.79. The number of halogens is 2. The fourth-order valence-electron chi connectivity index (χ4n) is 2.33. The molecule has 1 aromatic carbocycles. The Morgan fingerprint density at radius 2 is 1.68 bits per heavy atom. The fraction of sp³-hybridized carbons (Fsp3) is 0.176. The van der Waals surface area contributed by atoms with Crippen LogP contribution in [0.4, 0.5) is 0 Å². The second kappa shape index (κ2) is 6.00. The van der Waals surface area contributed by atoms with Crippen LogP contribution in [-0.4, -0.2) is 16.1 Å². The van der Waals surface area contributed by atoms with E-state index in [0.29, 0.717) is 22.3 Å². The molecular formula is C17H11Cl2NO2.